The molecule has 0 N–H and O–H groups in total. The van der Waals surface area contributed by atoms with Crippen molar-refractivity contribution in [2.75, 3.05) is 6.61 Å². The number of hydrogen-bond donors (Lipinski definition) is 0. The van der Waals surface area contributed by atoms with Gasteiger partial charge in [-0.1, -0.05) is 0 Å². The van der Waals surface area contributed by atoms with Crippen molar-refractivity contribution in [2.24, 2.45) is 0 Å². The Labute approximate surface area is 69.7 Å². The first kappa shape index (κ1) is 7.13. The van der Waals surface area contributed by atoms with Gasteiger partial charge in [-0.3, -0.25) is 0 Å². The average molecular weight is 170 g/mol. The van der Waals surface area contributed by atoms with Crippen molar-refractivity contribution in [3.63, 3.8) is 0 Å². The van der Waals surface area contributed by atoms with Gasteiger partial charge in [-0.05, 0) is 24.6 Å². The first-order chi connectivity index (χ1) is 5.47. The number of thiophene rings is 1. The number of aryl methyl sites for hydroxylation is 1. The van der Waals surface area contributed by atoms with Crippen molar-refractivity contribution in [3.8, 4) is 5.75 Å². The van der Waals surface area contributed by atoms with Gasteiger partial charge in [0.25, 0.3) is 0 Å². The normalized spacial score (nSPS) is 17.8. The predicted molar refractivity (Wildman–Crippen MR) is 43.8 cm³/mol. The van der Waals surface area contributed by atoms with Gasteiger partial charge in [0.15, 0.2) is 5.75 Å². The van der Waals surface area contributed by atoms with Gasteiger partial charge >= 0.3 is 0 Å². The molecule has 0 radical (unpaired) electrons. The molecule has 11 heavy (non-hydrogen) atoms. The summed E-state index contributed by atoms with van der Waals surface area (Å²) < 4.78 is 0. The highest BCUT2D eigenvalue weighted by molar-refractivity contribution is 7.08. The summed E-state index contributed by atoms with van der Waals surface area (Å²) in [6, 6.07) is 0. The molecule has 1 aromatic rings. The summed E-state index contributed by atoms with van der Waals surface area (Å²) >= 11 is 1.67. The Morgan fingerprint density at radius 1 is 1.27 bits per heavy atom. The van der Waals surface area contributed by atoms with E-state index in [1.165, 1.54) is 12.0 Å². The summed E-state index contributed by atoms with van der Waals surface area (Å²) in [5, 5.41) is 4.12. The van der Waals surface area contributed by atoms with Crippen molar-refractivity contribution in [3.05, 3.63) is 16.3 Å². The quantitative estimate of drug-likeness (QED) is 0.556. The molecule has 0 unspecified atom stereocenters. The zero-order valence-corrected chi connectivity index (χ0v) is 7.02. The Hall–Kier alpha value is -0.540. The van der Waals surface area contributed by atoms with Crippen molar-refractivity contribution in [2.45, 2.75) is 19.3 Å². The average Bonchev–Trinajstić information content (AvgIpc) is 2.35. The molecule has 0 bridgehead atoms. The molecule has 1 aromatic heterocycles. The van der Waals surface area contributed by atoms with Crippen LogP contribution in [0.15, 0.2) is 10.8 Å². The number of rotatable bonds is 0. The molecule has 1 aliphatic rings. The van der Waals surface area contributed by atoms with Crippen LogP contribution in [0, 0.1) is 0 Å². The zero-order valence-electron chi connectivity index (χ0n) is 6.21. The molecule has 0 aromatic carbocycles. The van der Waals surface area contributed by atoms with Gasteiger partial charge in [0.05, 0.1) is 6.61 Å². The summed E-state index contributed by atoms with van der Waals surface area (Å²) in [5.74, 6) is 0.912. The summed E-state index contributed by atoms with van der Waals surface area (Å²) in [7, 11) is 0. The van der Waals surface area contributed by atoms with E-state index in [0.717, 1.165) is 25.2 Å². The van der Waals surface area contributed by atoms with E-state index < -0.39 is 0 Å². The Balaban J connectivity index is 2.18. The molecule has 0 saturated heterocycles. The lowest BCUT2D eigenvalue weighted by molar-refractivity contribution is -0.209. The number of fused-ring (bicyclic) bond motifs is 1. The SMILES string of the molecule is c1scc2c1CCCCOO2. The second kappa shape index (κ2) is 3.24. The van der Waals surface area contributed by atoms with E-state index in [0.29, 0.717) is 0 Å². The maximum absolute atomic E-state index is 5.08. The van der Waals surface area contributed by atoms with E-state index in [9.17, 15) is 0 Å². The van der Waals surface area contributed by atoms with Crippen LogP contribution in [-0.4, -0.2) is 6.61 Å². The molecular weight excluding hydrogens is 160 g/mol. The van der Waals surface area contributed by atoms with Crippen LogP contribution in [0.1, 0.15) is 18.4 Å². The molecule has 60 valence electrons. The highest BCUT2D eigenvalue weighted by Gasteiger charge is 2.08. The van der Waals surface area contributed by atoms with E-state index >= 15 is 0 Å². The lowest BCUT2D eigenvalue weighted by Gasteiger charge is -2.09. The third-order valence-corrected chi connectivity index (χ3v) is 2.55. The molecule has 1 aliphatic heterocycles. The molecule has 0 saturated carbocycles. The molecule has 0 spiro atoms. The number of hydrogen-bond acceptors (Lipinski definition) is 3. The molecule has 0 fully saturated rings. The second-order valence-electron chi connectivity index (χ2n) is 2.62. The fraction of sp³-hybridized carbons (Fsp3) is 0.500. The minimum Gasteiger partial charge on any atom is -0.336 e. The Morgan fingerprint density at radius 2 is 2.27 bits per heavy atom. The van der Waals surface area contributed by atoms with Crippen LogP contribution in [-0.2, 0) is 11.3 Å². The largest absolute Gasteiger partial charge is 0.336 e. The molecule has 0 aliphatic carbocycles. The first-order valence-corrected chi connectivity index (χ1v) is 4.75. The van der Waals surface area contributed by atoms with Crippen molar-refractivity contribution >= 4 is 11.3 Å². The van der Waals surface area contributed by atoms with Crippen molar-refractivity contribution in [1.29, 1.82) is 0 Å². The molecular formula is C8H10O2S. The fourth-order valence-corrected chi connectivity index (χ4v) is 1.93. The summed E-state index contributed by atoms with van der Waals surface area (Å²) in [4.78, 5) is 10.0. The molecule has 3 heteroatoms. The molecule has 2 heterocycles. The van der Waals surface area contributed by atoms with Crippen LogP contribution in [0.3, 0.4) is 0 Å². The van der Waals surface area contributed by atoms with E-state index in [4.69, 9.17) is 9.78 Å². The third kappa shape index (κ3) is 1.54. The van der Waals surface area contributed by atoms with Gasteiger partial charge in [-0.15, -0.1) is 11.3 Å². The lowest BCUT2D eigenvalue weighted by atomic mass is 10.1. The van der Waals surface area contributed by atoms with Crippen LogP contribution in [0.5, 0.6) is 5.75 Å². The van der Waals surface area contributed by atoms with Crippen LogP contribution >= 0.6 is 11.3 Å². The second-order valence-corrected chi connectivity index (χ2v) is 3.37. The van der Waals surface area contributed by atoms with E-state index in [-0.39, 0.29) is 0 Å². The summed E-state index contributed by atoms with van der Waals surface area (Å²) in [6.07, 6.45) is 3.42. The highest BCUT2D eigenvalue weighted by Crippen LogP contribution is 2.26. The smallest absolute Gasteiger partial charge is 0.179 e. The van der Waals surface area contributed by atoms with E-state index in [1.54, 1.807) is 11.3 Å². The zero-order chi connectivity index (χ0) is 7.52. The van der Waals surface area contributed by atoms with Gasteiger partial charge in [-0.25, -0.2) is 0 Å². The summed E-state index contributed by atoms with van der Waals surface area (Å²) in [6.45, 7) is 0.718. The maximum Gasteiger partial charge on any atom is 0.179 e. The molecule has 2 nitrogen and oxygen atoms in total. The minimum absolute atomic E-state index is 0.718. The predicted octanol–water partition coefficient (Wildman–Crippen LogP) is 2.39. The molecule has 0 atom stereocenters. The summed E-state index contributed by atoms with van der Waals surface area (Å²) in [5.41, 5.74) is 1.29. The van der Waals surface area contributed by atoms with E-state index in [1.807, 2.05) is 5.38 Å². The van der Waals surface area contributed by atoms with Crippen LogP contribution < -0.4 is 4.89 Å². The molecule has 2 rings (SSSR count). The first-order valence-electron chi connectivity index (χ1n) is 3.81. The lowest BCUT2D eigenvalue weighted by Crippen LogP contribution is -2.04. The van der Waals surface area contributed by atoms with Gasteiger partial charge < -0.3 is 4.89 Å². The minimum atomic E-state index is 0.718. The van der Waals surface area contributed by atoms with Gasteiger partial charge in [0.2, 0.25) is 0 Å². The maximum atomic E-state index is 5.08. The van der Waals surface area contributed by atoms with Gasteiger partial charge in [-0.2, -0.15) is 4.89 Å². The van der Waals surface area contributed by atoms with Crippen molar-refractivity contribution in [1.82, 2.24) is 0 Å². The third-order valence-electron chi connectivity index (χ3n) is 1.77. The highest BCUT2D eigenvalue weighted by atomic mass is 32.1. The van der Waals surface area contributed by atoms with Crippen LogP contribution in [0.4, 0.5) is 0 Å². The molecule has 0 amide bonds. The Bertz CT molecular complexity index is 209. The van der Waals surface area contributed by atoms with Crippen LogP contribution in [0.25, 0.3) is 0 Å². The monoisotopic (exact) mass is 170 g/mol. The van der Waals surface area contributed by atoms with Crippen LogP contribution in [0.2, 0.25) is 0 Å². The van der Waals surface area contributed by atoms with Gasteiger partial charge in [0, 0.05) is 10.9 Å². The Morgan fingerprint density at radius 3 is 3.27 bits per heavy atom. The van der Waals surface area contributed by atoms with Crippen molar-refractivity contribution < 1.29 is 9.78 Å². The Kier molecular flexibility index (Phi) is 2.10. The topological polar surface area (TPSA) is 18.5 Å². The fourth-order valence-electron chi connectivity index (χ4n) is 1.15. The standard InChI is InChI=1S/C8H10O2S/c1-2-4-9-10-8-6-11-5-7(8)3-1/h5-6H,1-4H2. The van der Waals surface area contributed by atoms with Gasteiger partial charge in [0.1, 0.15) is 0 Å². The van der Waals surface area contributed by atoms with E-state index in [2.05, 4.69) is 5.38 Å².